The summed E-state index contributed by atoms with van der Waals surface area (Å²) in [6.07, 6.45) is 0.606. The van der Waals surface area contributed by atoms with Crippen molar-refractivity contribution in [2.24, 2.45) is 5.92 Å². The van der Waals surface area contributed by atoms with Crippen molar-refractivity contribution in [1.29, 1.82) is 0 Å². The van der Waals surface area contributed by atoms with Crippen LogP contribution in [-0.2, 0) is 6.42 Å². The first-order chi connectivity index (χ1) is 11.1. The number of hydrogen-bond donors (Lipinski definition) is 2. The van der Waals surface area contributed by atoms with E-state index in [1.807, 2.05) is 6.92 Å². The molecular formula is C15H18Cl3N5O. The molecule has 0 atom stereocenters. The monoisotopic (exact) mass is 389 g/mol. The van der Waals surface area contributed by atoms with E-state index in [1.54, 1.807) is 22.9 Å². The Morgan fingerprint density at radius 2 is 2.04 bits per heavy atom. The molecule has 2 aromatic rings. The van der Waals surface area contributed by atoms with E-state index in [-0.39, 0.29) is 24.1 Å². The van der Waals surface area contributed by atoms with Gasteiger partial charge < -0.3 is 10.6 Å². The Morgan fingerprint density at radius 3 is 2.58 bits per heavy atom. The van der Waals surface area contributed by atoms with Crippen LogP contribution >= 0.6 is 35.6 Å². The molecule has 6 nitrogen and oxygen atoms in total. The molecule has 9 heteroatoms. The minimum absolute atomic E-state index is 0. The Balaban J connectivity index is 0.00000208. The Bertz CT molecular complexity index is 710. The average molecular weight is 391 g/mol. The number of carbonyl (C=O) groups is 1. The molecule has 3 rings (SSSR count). The number of nitrogens with one attached hydrogen (secondary N) is 2. The lowest BCUT2D eigenvalue weighted by Crippen LogP contribution is -2.48. The van der Waals surface area contributed by atoms with Gasteiger partial charge in [-0.2, -0.15) is 0 Å². The average Bonchev–Trinajstić information content (AvgIpc) is 2.89. The third kappa shape index (κ3) is 3.83. The number of para-hydroxylation sites is 1. The maximum atomic E-state index is 12.2. The van der Waals surface area contributed by atoms with Gasteiger partial charge in [-0.1, -0.05) is 36.2 Å². The van der Waals surface area contributed by atoms with Crippen molar-refractivity contribution in [3.8, 4) is 5.69 Å². The van der Waals surface area contributed by atoms with E-state index < -0.39 is 0 Å². The summed E-state index contributed by atoms with van der Waals surface area (Å²) < 4.78 is 1.55. The molecule has 2 N–H and O–H groups in total. The van der Waals surface area contributed by atoms with Crippen molar-refractivity contribution in [3.05, 3.63) is 39.9 Å². The Hall–Kier alpha value is -1.34. The van der Waals surface area contributed by atoms with E-state index in [0.29, 0.717) is 40.4 Å². The first-order valence-electron chi connectivity index (χ1n) is 7.49. The normalized spacial score (nSPS) is 14.0. The molecule has 0 unspecified atom stereocenters. The molecular weight excluding hydrogens is 373 g/mol. The first-order valence-corrected chi connectivity index (χ1v) is 8.25. The Morgan fingerprint density at radius 1 is 1.38 bits per heavy atom. The molecule has 1 amide bonds. The molecule has 1 aromatic carbocycles. The summed E-state index contributed by atoms with van der Waals surface area (Å²) in [5.74, 6) is 0.957. The summed E-state index contributed by atoms with van der Waals surface area (Å²) in [6, 6.07) is 5.22. The van der Waals surface area contributed by atoms with E-state index in [2.05, 4.69) is 20.7 Å². The molecule has 130 valence electrons. The van der Waals surface area contributed by atoms with Crippen molar-refractivity contribution >= 4 is 41.5 Å². The van der Waals surface area contributed by atoms with Gasteiger partial charge in [0.1, 0.15) is 11.5 Å². The SMILES string of the molecule is CCc1nc(C(=O)NCC2CNC2)nn1-c1c(Cl)cccc1Cl.Cl. The Kier molecular flexibility index (Phi) is 6.46. The zero-order chi connectivity index (χ0) is 16.4. The quantitative estimate of drug-likeness (QED) is 0.823. The predicted octanol–water partition coefficient (Wildman–Crippen LogP) is 2.51. The highest BCUT2D eigenvalue weighted by Crippen LogP contribution is 2.28. The van der Waals surface area contributed by atoms with Crippen LogP contribution in [0.15, 0.2) is 18.2 Å². The van der Waals surface area contributed by atoms with Gasteiger partial charge in [-0.3, -0.25) is 4.79 Å². The molecule has 0 radical (unpaired) electrons. The van der Waals surface area contributed by atoms with E-state index in [9.17, 15) is 4.79 Å². The molecule has 0 spiro atoms. The van der Waals surface area contributed by atoms with Crippen molar-refractivity contribution < 1.29 is 4.79 Å². The third-order valence-electron chi connectivity index (χ3n) is 3.76. The van der Waals surface area contributed by atoms with E-state index in [1.165, 1.54) is 0 Å². The number of aromatic nitrogens is 3. The lowest BCUT2D eigenvalue weighted by Gasteiger charge is -2.26. The number of benzene rings is 1. The fraction of sp³-hybridized carbons (Fsp3) is 0.400. The largest absolute Gasteiger partial charge is 0.349 e. The summed E-state index contributed by atoms with van der Waals surface area (Å²) in [6.45, 7) is 4.41. The van der Waals surface area contributed by atoms with Crippen LogP contribution in [0.5, 0.6) is 0 Å². The molecule has 1 aliphatic heterocycles. The molecule has 1 saturated heterocycles. The highest BCUT2D eigenvalue weighted by molar-refractivity contribution is 6.37. The fourth-order valence-corrected chi connectivity index (χ4v) is 2.91. The van der Waals surface area contributed by atoms with Crippen LogP contribution in [0.2, 0.25) is 10.0 Å². The number of aryl methyl sites for hydroxylation is 1. The number of nitrogens with zero attached hydrogens (tertiary/aromatic N) is 3. The van der Waals surface area contributed by atoms with Crippen molar-refractivity contribution in [2.45, 2.75) is 13.3 Å². The van der Waals surface area contributed by atoms with Crippen LogP contribution in [0.1, 0.15) is 23.4 Å². The van der Waals surface area contributed by atoms with Gasteiger partial charge in [-0.05, 0) is 12.1 Å². The standard InChI is InChI=1S/C15H17Cl2N5O.ClH/c1-2-12-20-14(15(23)19-8-9-6-18-7-9)21-22(12)13-10(16)4-3-5-11(13)17;/h3-5,9,18H,2,6-8H2,1H3,(H,19,23);1H. The van der Waals surface area contributed by atoms with E-state index >= 15 is 0 Å². The molecule has 24 heavy (non-hydrogen) atoms. The first kappa shape index (κ1) is 19.0. The van der Waals surface area contributed by atoms with Crippen LogP contribution < -0.4 is 10.6 Å². The summed E-state index contributed by atoms with van der Waals surface area (Å²) in [4.78, 5) is 16.6. The lowest BCUT2D eigenvalue weighted by molar-refractivity contribution is 0.0932. The molecule has 1 fully saturated rings. The van der Waals surface area contributed by atoms with Gasteiger partial charge >= 0.3 is 0 Å². The lowest BCUT2D eigenvalue weighted by atomic mass is 10.0. The van der Waals surface area contributed by atoms with Crippen LogP contribution in [0.4, 0.5) is 0 Å². The van der Waals surface area contributed by atoms with Gasteiger partial charge in [0.05, 0.1) is 10.0 Å². The third-order valence-corrected chi connectivity index (χ3v) is 4.37. The van der Waals surface area contributed by atoms with Gasteiger partial charge in [-0.25, -0.2) is 9.67 Å². The maximum Gasteiger partial charge on any atom is 0.290 e. The van der Waals surface area contributed by atoms with Crippen LogP contribution in [-0.4, -0.2) is 40.3 Å². The van der Waals surface area contributed by atoms with Crippen molar-refractivity contribution in [2.75, 3.05) is 19.6 Å². The molecule has 0 bridgehead atoms. The van der Waals surface area contributed by atoms with E-state index in [4.69, 9.17) is 23.2 Å². The highest BCUT2D eigenvalue weighted by Gasteiger charge is 2.22. The minimum Gasteiger partial charge on any atom is -0.349 e. The number of hydrogen-bond acceptors (Lipinski definition) is 4. The second-order valence-corrected chi connectivity index (χ2v) is 6.24. The minimum atomic E-state index is -0.284. The number of rotatable bonds is 5. The number of halogens is 3. The molecule has 1 aliphatic rings. The second kappa shape index (κ2) is 8.16. The number of carbonyl (C=O) groups excluding carboxylic acids is 1. The summed E-state index contributed by atoms with van der Waals surface area (Å²) in [7, 11) is 0. The maximum absolute atomic E-state index is 12.2. The van der Waals surface area contributed by atoms with Gasteiger partial charge in [0, 0.05) is 32.0 Å². The topological polar surface area (TPSA) is 71.8 Å². The summed E-state index contributed by atoms with van der Waals surface area (Å²) in [5, 5.41) is 11.3. The van der Waals surface area contributed by atoms with Gasteiger partial charge in [0.25, 0.3) is 5.91 Å². The van der Waals surface area contributed by atoms with Crippen LogP contribution in [0.3, 0.4) is 0 Å². The number of amides is 1. The molecule has 1 aromatic heterocycles. The van der Waals surface area contributed by atoms with Gasteiger partial charge in [0.15, 0.2) is 0 Å². The van der Waals surface area contributed by atoms with Crippen molar-refractivity contribution in [1.82, 2.24) is 25.4 Å². The van der Waals surface area contributed by atoms with Gasteiger partial charge in [0.2, 0.25) is 5.82 Å². The smallest absolute Gasteiger partial charge is 0.290 e. The molecule has 0 aliphatic carbocycles. The van der Waals surface area contributed by atoms with Crippen molar-refractivity contribution in [3.63, 3.8) is 0 Å². The molecule has 0 saturated carbocycles. The van der Waals surface area contributed by atoms with Crippen LogP contribution in [0, 0.1) is 5.92 Å². The highest BCUT2D eigenvalue weighted by atomic mass is 35.5. The fourth-order valence-electron chi connectivity index (χ4n) is 2.35. The Labute approximate surface area is 156 Å². The zero-order valence-corrected chi connectivity index (χ0v) is 15.4. The predicted molar refractivity (Wildman–Crippen MR) is 96.7 cm³/mol. The summed E-state index contributed by atoms with van der Waals surface area (Å²) >= 11 is 12.5. The second-order valence-electron chi connectivity index (χ2n) is 5.42. The van der Waals surface area contributed by atoms with Gasteiger partial charge in [-0.15, -0.1) is 17.5 Å². The van der Waals surface area contributed by atoms with Crippen LogP contribution in [0.25, 0.3) is 5.69 Å². The van der Waals surface area contributed by atoms with E-state index in [0.717, 1.165) is 13.1 Å². The summed E-state index contributed by atoms with van der Waals surface area (Å²) in [5.41, 5.74) is 0.544. The zero-order valence-electron chi connectivity index (χ0n) is 13.1. The molecule has 2 heterocycles.